The topological polar surface area (TPSA) is 49.9 Å². The molecule has 2 aliphatic heterocycles. The van der Waals surface area contributed by atoms with Crippen molar-refractivity contribution in [1.82, 2.24) is 9.80 Å². The van der Waals surface area contributed by atoms with E-state index in [1.807, 2.05) is 0 Å². The lowest BCUT2D eigenvalue weighted by molar-refractivity contribution is -0.289. The van der Waals surface area contributed by atoms with Crippen LogP contribution in [0.3, 0.4) is 0 Å². The van der Waals surface area contributed by atoms with Crippen LogP contribution in [0, 0.1) is 0 Å². The number of carbonyl (C=O) groups is 2. The molecule has 1 saturated heterocycles. The zero-order chi connectivity index (χ0) is 22.5. The minimum absolute atomic E-state index is 0.00887. The standard InChI is InChI=1S/C20H21F5N2O3/c1-18(2)14(10-26(3)11-28)17(27-8-4-5-16(27)29)13-9-12(6-7-15(13)30-18)19(21,22)20(23,24)25/h6-7,9,11H,4-5,8,10H2,1-3H3. The van der Waals surface area contributed by atoms with E-state index in [1.54, 1.807) is 13.8 Å². The van der Waals surface area contributed by atoms with E-state index >= 15 is 0 Å². The van der Waals surface area contributed by atoms with Crippen molar-refractivity contribution < 1.29 is 36.3 Å². The maximum absolute atomic E-state index is 14.0. The minimum atomic E-state index is -5.77. The SMILES string of the molecule is CN(C=O)CC1=C(N2CCCC2=O)c2cc(C(F)(F)C(F)(F)F)ccc2OC1(C)C. The molecule has 1 fully saturated rings. The molecule has 5 nitrogen and oxygen atoms in total. The van der Waals surface area contributed by atoms with Crippen LogP contribution in [0.1, 0.15) is 37.8 Å². The van der Waals surface area contributed by atoms with Gasteiger partial charge in [-0.3, -0.25) is 9.59 Å². The van der Waals surface area contributed by atoms with Crippen LogP contribution in [0.15, 0.2) is 23.8 Å². The molecule has 10 heteroatoms. The summed E-state index contributed by atoms with van der Waals surface area (Å²) in [6.45, 7) is 3.66. The number of likely N-dealkylation sites (tertiary alicyclic amines) is 1. The highest BCUT2D eigenvalue weighted by Crippen LogP contribution is 2.48. The van der Waals surface area contributed by atoms with Gasteiger partial charge in [-0.15, -0.1) is 0 Å². The lowest BCUT2D eigenvalue weighted by atomic mass is 9.87. The summed E-state index contributed by atoms with van der Waals surface area (Å²) in [5, 5.41) is 0. The Morgan fingerprint density at radius 1 is 1.23 bits per heavy atom. The Bertz CT molecular complexity index is 908. The van der Waals surface area contributed by atoms with Crippen LogP contribution in [0.4, 0.5) is 22.0 Å². The molecule has 0 radical (unpaired) electrons. The lowest BCUT2D eigenvalue weighted by Crippen LogP contribution is -2.43. The van der Waals surface area contributed by atoms with Crippen LogP contribution < -0.4 is 4.74 Å². The number of halogens is 5. The molecule has 2 heterocycles. The van der Waals surface area contributed by atoms with E-state index in [2.05, 4.69) is 0 Å². The molecule has 0 spiro atoms. The van der Waals surface area contributed by atoms with Crippen LogP contribution in [-0.4, -0.2) is 54.0 Å². The molecular weight excluding hydrogens is 411 g/mol. The minimum Gasteiger partial charge on any atom is -0.483 e. The first-order valence-corrected chi connectivity index (χ1v) is 9.27. The molecule has 0 N–H and O–H groups in total. The highest BCUT2D eigenvalue weighted by molar-refractivity contribution is 5.91. The van der Waals surface area contributed by atoms with Gasteiger partial charge in [0.1, 0.15) is 11.4 Å². The molecule has 2 amide bonds. The Hall–Kier alpha value is -2.65. The fourth-order valence-electron chi connectivity index (χ4n) is 3.69. The highest BCUT2D eigenvalue weighted by atomic mass is 19.4. The van der Waals surface area contributed by atoms with Gasteiger partial charge in [-0.1, -0.05) is 0 Å². The monoisotopic (exact) mass is 432 g/mol. The van der Waals surface area contributed by atoms with Crippen LogP contribution >= 0.6 is 0 Å². The van der Waals surface area contributed by atoms with E-state index in [4.69, 9.17) is 4.74 Å². The second kappa shape index (κ2) is 7.24. The second-order valence-electron chi connectivity index (χ2n) is 7.89. The number of ether oxygens (including phenoxy) is 1. The first kappa shape index (κ1) is 22.0. The van der Waals surface area contributed by atoms with E-state index < -0.39 is 23.3 Å². The van der Waals surface area contributed by atoms with Crippen molar-refractivity contribution in [2.45, 2.75) is 44.4 Å². The fourth-order valence-corrected chi connectivity index (χ4v) is 3.69. The predicted octanol–water partition coefficient (Wildman–Crippen LogP) is 3.93. The van der Waals surface area contributed by atoms with E-state index in [0.29, 0.717) is 24.5 Å². The Morgan fingerprint density at radius 3 is 2.43 bits per heavy atom. The predicted molar refractivity (Wildman–Crippen MR) is 97.7 cm³/mol. The maximum atomic E-state index is 14.0. The van der Waals surface area contributed by atoms with E-state index in [-0.39, 0.29) is 42.4 Å². The van der Waals surface area contributed by atoms with Gasteiger partial charge >= 0.3 is 12.1 Å². The van der Waals surface area contributed by atoms with Crippen molar-refractivity contribution in [3.8, 4) is 5.75 Å². The summed E-state index contributed by atoms with van der Waals surface area (Å²) in [5.41, 5.74) is -1.65. The van der Waals surface area contributed by atoms with Gasteiger partial charge in [0.2, 0.25) is 12.3 Å². The Balaban J connectivity index is 2.26. The maximum Gasteiger partial charge on any atom is 0.458 e. The molecule has 3 rings (SSSR count). The molecule has 0 aliphatic carbocycles. The molecule has 0 unspecified atom stereocenters. The van der Waals surface area contributed by atoms with Crippen molar-refractivity contribution in [2.24, 2.45) is 0 Å². The van der Waals surface area contributed by atoms with Crippen molar-refractivity contribution in [1.29, 1.82) is 0 Å². The number of hydrogen-bond acceptors (Lipinski definition) is 3. The average Bonchev–Trinajstić information content (AvgIpc) is 3.06. The summed E-state index contributed by atoms with van der Waals surface area (Å²) >= 11 is 0. The summed E-state index contributed by atoms with van der Waals surface area (Å²) in [6.07, 6.45) is -4.47. The average molecular weight is 432 g/mol. The summed E-state index contributed by atoms with van der Waals surface area (Å²) in [6, 6.07) is 2.46. The van der Waals surface area contributed by atoms with Gasteiger partial charge in [0, 0.05) is 43.3 Å². The second-order valence-corrected chi connectivity index (χ2v) is 7.89. The van der Waals surface area contributed by atoms with Crippen LogP contribution in [-0.2, 0) is 15.5 Å². The number of alkyl halides is 5. The van der Waals surface area contributed by atoms with Crippen LogP contribution in [0.5, 0.6) is 5.75 Å². The fraction of sp³-hybridized carbons (Fsp3) is 0.500. The summed E-state index contributed by atoms with van der Waals surface area (Å²) < 4.78 is 72.7. The molecule has 30 heavy (non-hydrogen) atoms. The first-order valence-electron chi connectivity index (χ1n) is 9.27. The van der Waals surface area contributed by atoms with Crippen molar-refractivity contribution >= 4 is 18.0 Å². The smallest absolute Gasteiger partial charge is 0.458 e. The summed E-state index contributed by atoms with van der Waals surface area (Å²) in [4.78, 5) is 26.3. The quantitative estimate of drug-likeness (QED) is 0.523. The van der Waals surface area contributed by atoms with Crippen LogP contribution in [0.2, 0.25) is 0 Å². The lowest BCUT2D eigenvalue weighted by Gasteiger charge is -2.40. The van der Waals surface area contributed by atoms with Crippen molar-refractivity contribution in [2.75, 3.05) is 20.1 Å². The molecular formula is C20H21F5N2O3. The van der Waals surface area contributed by atoms with E-state index in [9.17, 15) is 31.5 Å². The normalized spacial score (nSPS) is 18.9. The van der Waals surface area contributed by atoms with Crippen molar-refractivity contribution in [3.63, 3.8) is 0 Å². The van der Waals surface area contributed by atoms with Gasteiger partial charge in [0.15, 0.2) is 0 Å². The van der Waals surface area contributed by atoms with Gasteiger partial charge in [-0.05, 0) is 38.5 Å². The molecule has 0 atom stereocenters. The number of hydrogen-bond donors (Lipinski definition) is 0. The van der Waals surface area contributed by atoms with E-state index in [0.717, 1.165) is 12.1 Å². The Labute approximate surface area is 170 Å². The first-order chi connectivity index (χ1) is 13.8. The third-order valence-corrected chi connectivity index (χ3v) is 5.26. The number of benzene rings is 1. The van der Waals surface area contributed by atoms with Gasteiger partial charge < -0.3 is 14.5 Å². The van der Waals surface area contributed by atoms with Gasteiger partial charge in [-0.2, -0.15) is 22.0 Å². The zero-order valence-electron chi connectivity index (χ0n) is 16.6. The number of amides is 2. The van der Waals surface area contributed by atoms with Gasteiger partial charge in [0.05, 0.1) is 5.70 Å². The number of carbonyl (C=O) groups excluding carboxylic acids is 2. The summed E-state index contributed by atoms with van der Waals surface area (Å²) in [7, 11) is 1.49. The zero-order valence-corrected chi connectivity index (χ0v) is 16.6. The number of likely N-dealkylation sites (N-methyl/N-ethyl adjacent to an activating group) is 1. The summed E-state index contributed by atoms with van der Waals surface area (Å²) in [5.74, 6) is -5.25. The van der Waals surface area contributed by atoms with Crippen molar-refractivity contribution in [3.05, 3.63) is 34.9 Å². The van der Waals surface area contributed by atoms with Crippen LogP contribution in [0.25, 0.3) is 5.70 Å². The molecule has 1 aromatic rings. The number of nitrogens with zero attached hydrogens (tertiary/aromatic N) is 2. The highest BCUT2D eigenvalue weighted by Gasteiger charge is 2.59. The van der Waals surface area contributed by atoms with Gasteiger partial charge in [0.25, 0.3) is 0 Å². The molecule has 164 valence electrons. The third kappa shape index (κ3) is 3.63. The molecule has 0 aromatic heterocycles. The Morgan fingerprint density at radius 2 is 1.90 bits per heavy atom. The largest absolute Gasteiger partial charge is 0.483 e. The number of fused-ring (bicyclic) bond motifs is 1. The van der Waals surface area contributed by atoms with Gasteiger partial charge in [-0.25, -0.2) is 0 Å². The Kier molecular flexibility index (Phi) is 5.32. The third-order valence-electron chi connectivity index (χ3n) is 5.26. The molecule has 0 bridgehead atoms. The molecule has 0 saturated carbocycles. The molecule has 1 aromatic carbocycles. The van der Waals surface area contributed by atoms with E-state index in [1.165, 1.54) is 16.8 Å². The molecule has 2 aliphatic rings. The number of rotatable bonds is 5.